The first kappa shape index (κ1) is 16.0. The largest absolute Gasteiger partial charge is 0.354 e. The minimum absolute atomic E-state index is 0.0503. The molecular weight excluding hydrogens is 372 g/mol. The molecule has 4 N–H and O–H groups in total. The van der Waals surface area contributed by atoms with Crippen LogP contribution in [0.3, 0.4) is 0 Å². The lowest BCUT2D eigenvalue weighted by atomic mass is 10.2. The first-order chi connectivity index (χ1) is 13.9. The van der Waals surface area contributed by atoms with E-state index in [9.17, 15) is 18.0 Å². The number of para-hydroxylation sites is 1. The normalized spacial score (nSPS) is 12.9. The van der Waals surface area contributed by atoms with Gasteiger partial charge in [0, 0.05) is 30.0 Å². The summed E-state index contributed by atoms with van der Waals surface area (Å²) in [5.74, 6) is -1.11. The van der Waals surface area contributed by atoms with Crippen molar-refractivity contribution in [2.24, 2.45) is 0 Å². The summed E-state index contributed by atoms with van der Waals surface area (Å²) in [6.07, 6.45) is 1.02. The molecular formula is C16H20N6O4S. The molecule has 0 fully saturated rings. The highest BCUT2D eigenvalue weighted by molar-refractivity contribution is 7.90. The summed E-state index contributed by atoms with van der Waals surface area (Å²) in [6.45, 7) is -0.716. The van der Waals surface area contributed by atoms with E-state index >= 15 is 0 Å². The third-order valence-electron chi connectivity index (χ3n) is 3.26. The average Bonchev–Trinajstić information content (AvgIpc) is 2.60. The van der Waals surface area contributed by atoms with Gasteiger partial charge in [0.1, 0.15) is 0 Å². The van der Waals surface area contributed by atoms with Crippen LogP contribution in [0.4, 0.5) is 22.0 Å². The van der Waals surface area contributed by atoms with Gasteiger partial charge in [-0.05, 0) is 19.1 Å². The molecule has 2 aromatic rings. The number of aromatic nitrogens is 2. The molecule has 2 rings (SSSR count). The third-order valence-corrected chi connectivity index (χ3v) is 4.41. The summed E-state index contributed by atoms with van der Waals surface area (Å²) in [7, 11) is -3.62. The monoisotopic (exact) mass is 395 g/mol. The standard InChI is InChI=1S/C16H20N6O4S/c1-4-18-16(24)20-13-9-11(14(22-21-13)15(23)17-2)19-10-7-5-6-8-12(10)27(3,25)26/h5-9H,4H2,1-3H3,(H,17,23)(H3,18,19,20,21,24)/i2D3. The van der Waals surface area contributed by atoms with E-state index in [0.717, 1.165) is 6.26 Å². The van der Waals surface area contributed by atoms with E-state index < -0.39 is 34.4 Å². The Morgan fingerprint density at radius 3 is 2.59 bits per heavy atom. The molecule has 0 bridgehead atoms. The summed E-state index contributed by atoms with van der Waals surface area (Å²) >= 11 is 0. The summed E-state index contributed by atoms with van der Waals surface area (Å²) in [5, 5.41) is 16.8. The minimum Gasteiger partial charge on any atom is -0.354 e. The van der Waals surface area contributed by atoms with Gasteiger partial charge in [0.2, 0.25) is 0 Å². The van der Waals surface area contributed by atoms with Crippen LogP contribution in [0.1, 0.15) is 21.5 Å². The first-order valence-electron chi connectivity index (χ1n) is 9.22. The third kappa shape index (κ3) is 5.14. The molecule has 3 amide bonds. The lowest BCUT2D eigenvalue weighted by Crippen LogP contribution is -2.29. The molecule has 0 saturated carbocycles. The fourth-order valence-corrected chi connectivity index (χ4v) is 2.98. The van der Waals surface area contributed by atoms with Gasteiger partial charge in [0.25, 0.3) is 5.91 Å². The van der Waals surface area contributed by atoms with Gasteiger partial charge in [-0.15, -0.1) is 10.2 Å². The maximum atomic E-state index is 12.4. The Bertz CT molecular complexity index is 1060. The quantitative estimate of drug-likeness (QED) is 0.574. The molecule has 10 nitrogen and oxygen atoms in total. The number of anilines is 3. The van der Waals surface area contributed by atoms with Crippen LogP contribution >= 0.6 is 0 Å². The Kier molecular flexibility index (Phi) is 5.01. The smallest absolute Gasteiger partial charge is 0.320 e. The van der Waals surface area contributed by atoms with E-state index in [0.29, 0.717) is 6.54 Å². The van der Waals surface area contributed by atoms with E-state index in [4.69, 9.17) is 4.11 Å². The second kappa shape index (κ2) is 8.45. The fraction of sp³-hybridized carbons (Fsp3) is 0.250. The molecule has 0 spiro atoms. The predicted octanol–water partition coefficient (Wildman–Crippen LogP) is 1.12. The molecule has 0 saturated heterocycles. The van der Waals surface area contributed by atoms with Crippen molar-refractivity contribution in [3.63, 3.8) is 0 Å². The number of amides is 3. The molecule has 27 heavy (non-hydrogen) atoms. The Labute approximate surface area is 160 Å². The minimum atomic E-state index is -3.62. The van der Waals surface area contributed by atoms with E-state index in [1.807, 2.05) is 0 Å². The maximum Gasteiger partial charge on any atom is 0.320 e. The van der Waals surface area contributed by atoms with E-state index in [-0.39, 0.29) is 22.1 Å². The van der Waals surface area contributed by atoms with Gasteiger partial charge in [-0.1, -0.05) is 12.1 Å². The zero-order chi connectivity index (χ0) is 22.5. The molecule has 144 valence electrons. The number of hydrogen-bond acceptors (Lipinski definition) is 7. The molecule has 0 atom stereocenters. The fourth-order valence-electron chi connectivity index (χ4n) is 2.13. The summed E-state index contributed by atoms with van der Waals surface area (Å²) < 4.78 is 45.7. The van der Waals surface area contributed by atoms with E-state index in [2.05, 4.69) is 26.1 Å². The highest BCUT2D eigenvalue weighted by atomic mass is 32.2. The number of carbonyl (C=O) groups excluding carboxylic acids is 2. The second-order valence-corrected chi connectivity index (χ2v) is 7.31. The van der Waals surface area contributed by atoms with Gasteiger partial charge < -0.3 is 16.0 Å². The topological polar surface area (TPSA) is 142 Å². The predicted molar refractivity (Wildman–Crippen MR) is 101 cm³/mol. The molecule has 0 aliphatic heterocycles. The number of urea groups is 1. The van der Waals surface area contributed by atoms with Gasteiger partial charge in [0.05, 0.1) is 16.3 Å². The Balaban J connectivity index is 2.51. The van der Waals surface area contributed by atoms with Crippen molar-refractivity contribution in [2.45, 2.75) is 11.8 Å². The molecule has 0 aliphatic carbocycles. The van der Waals surface area contributed by atoms with Crippen LogP contribution in [0, 0.1) is 0 Å². The van der Waals surface area contributed by atoms with Gasteiger partial charge in [0.15, 0.2) is 21.3 Å². The Morgan fingerprint density at radius 1 is 1.19 bits per heavy atom. The first-order valence-corrected chi connectivity index (χ1v) is 9.61. The average molecular weight is 395 g/mol. The van der Waals surface area contributed by atoms with Crippen molar-refractivity contribution in [3.05, 3.63) is 36.0 Å². The summed E-state index contributed by atoms with van der Waals surface area (Å²) in [4.78, 5) is 24.0. The lowest BCUT2D eigenvalue weighted by molar-refractivity contribution is 0.0958. The zero-order valence-electron chi connectivity index (χ0n) is 17.5. The molecule has 0 aliphatic rings. The molecule has 1 aromatic carbocycles. The second-order valence-electron chi connectivity index (χ2n) is 5.32. The SMILES string of the molecule is [2H]C([2H])([2H])NC(=O)c1nnc(NC(=O)NCC)cc1Nc1ccccc1S(C)(=O)=O. The van der Waals surface area contributed by atoms with Crippen molar-refractivity contribution in [3.8, 4) is 0 Å². The molecule has 0 radical (unpaired) electrons. The number of rotatable bonds is 6. The Morgan fingerprint density at radius 2 is 1.93 bits per heavy atom. The van der Waals surface area contributed by atoms with Crippen molar-refractivity contribution in [2.75, 3.05) is 30.4 Å². The number of nitrogens with zero attached hydrogens (tertiary/aromatic N) is 2. The highest BCUT2D eigenvalue weighted by Gasteiger charge is 2.18. The number of nitrogens with one attached hydrogen (secondary N) is 4. The molecule has 1 aromatic heterocycles. The van der Waals surface area contributed by atoms with Gasteiger partial charge >= 0.3 is 6.03 Å². The van der Waals surface area contributed by atoms with Crippen LogP contribution in [0.2, 0.25) is 0 Å². The zero-order valence-corrected chi connectivity index (χ0v) is 15.3. The maximum absolute atomic E-state index is 12.4. The highest BCUT2D eigenvalue weighted by Crippen LogP contribution is 2.27. The van der Waals surface area contributed by atoms with Crippen LogP contribution < -0.4 is 21.3 Å². The molecule has 1 heterocycles. The summed E-state index contributed by atoms with van der Waals surface area (Å²) in [5.41, 5.74) is -0.342. The van der Waals surface area contributed by atoms with Crippen LogP contribution in [-0.4, -0.2) is 50.3 Å². The number of carbonyl (C=O) groups is 2. The van der Waals surface area contributed by atoms with Crippen LogP contribution in [0.15, 0.2) is 35.2 Å². The van der Waals surface area contributed by atoms with Crippen LogP contribution in [0.25, 0.3) is 0 Å². The van der Waals surface area contributed by atoms with E-state index in [1.165, 1.54) is 24.3 Å². The lowest BCUT2D eigenvalue weighted by Gasteiger charge is -2.14. The number of benzene rings is 1. The van der Waals surface area contributed by atoms with Crippen molar-refractivity contribution < 1.29 is 22.1 Å². The summed E-state index contributed by atoms with van der Waals surface area (Å²) in [6, 6.07) is 6.57. The number of hydrogen-bond donors (Lipinski definition) is 4. The van der Waals surface area contributed by atoms with Crippen molar-refractivity contribution >= 4 is 39.0 Å². The molecule has 0 unspecified atom stereocenters. The van der Waals surface area contributed by atoms with Gasteiger partial charge in [-0.3, -0.25) is 10.1 Å². The van der Waals surface area contributed by atoms with Crippen molar-refractivity contribution in [1.82, 2.24) is 20.8 Å². The van der Waals surface area contributed by atoms with Crippen molar-refractivity contribution in [1.29, 1.82) is 0 Å². The van der Waals surface area contributed by atoms with E-state index in [1.54, 1.807) is 18.3 Å². The molecule has 11 heteroatoms. The van der Waals surface area contributed by atoms with Crippen LogP contribution in [-0.2, 0) is 9.84 Å². The Hall–Kier alpha value is -3.21. The van der Waals surface area contributed by atoms with Gasteiger partial charge in [-0.2, -0.15) is 0 Å². The number of sulfone groups is 1. The van der Waals surface area contributed by atoms with Crippen LogP contribution in [0.5, 0.6) is 0 Å². The van der Waals surface area contributed by atoms with Gasteiger partial charge in [-0.25, -0.2) is 13.2 Å².